The zero-order valence-electron chi connectivity index (χ0n) is 10.8. The van der Waals surface area contributed by atoms with E-state index in [1.54, 1.807) is 30.3 Å². The van der Waals surface area contributed by atoms with Crippen molar-refractivity contribution in [1.29, 1.82) is 0 Å². The fourth-order valence-corrected chi connectivity index (χ4v) is 2.17. The molecule has 0 saturated heterocycles. The van der Waals surface area contributed by atoms with E-state index in [2.05, 4.69) is 27.9 Å². The highest BCUT2D eigenvalue weighted by atomic mass is 127. The van der Waals surface area contributed by atoms with E-state index in [4.69, 9.17) is 5.73 Å². The number of benzene rings is 2. The lowest BCUT2D eigenvalue weighted by atomic mass is 10.1. The largest absolute Gasteiger partial charge is 0.366 e. The Morgan fingerprint density at radius 2 is 1.65 bits per heavy atom. The average molecular weight is 380 g/mol. The van der Waals surface area contributed by atoms with Crippen LogP contribution in [0.2, 0.25) is 0 Å². The number of nitrogens with one attached hydrogen (secondary N) is 1. The van der Waals surface area contributed by atoms with Gasteiger partial charge in [0.25, 0.3) is 5.91 Å². The molecule has 2 rings (SSSR count). The summed E-state index contributed by atoms with van der Waals surface area (Å²) in [6, 6.07) is 12.0. The molecule has 2 amide bonds. The number of hydrogen-bond acceptors (Lipinski definition) is 2. The summed E-state index contributed by atoms with van der Waals surface area (Å²) >= 11 is 2.19. The molecule has 2 aromatic rings. The first-order valence-electron chi connectivity index (χ1n) is 5.95. The molecule has 0 saturated carbocycles. The maximum Gasteiger partial charge on any atom is 0.255 e. The van der Waals surface area contributed by atoms with Gasteiger partial charge in [-0.05, 0) is 71.5 Å². The van der Waals surface area contributed by atoms with E-state index >= 15 is 0 Å². The molecule has 4 nitrogen and oxygen atoms in total. The monoisotopic (exact) mass is 380 g/mol. The molecule has 102 valence electrons. The van der Waals surface area contributed by atoms with Crippen molar-refractivity contribution in [2.75, 3.05) is 5.32 Å². The molecule has 0 heterocycles. The van der Waals surface area contributed by atoms with Crippen molar-refractivity contribution in [3.8, 4) is 0 Å². The first-order chi connectivity index (χ1) is 9.47. The molecule has 0 aliphatic heterocycles. The van der Waals surface area contributed by atoms with E-state index in [9.17, 15) is 9.59 Å². The molecule has 3 N–H and O–H groups in total. The van der Waals surface area contributed by atoms with E-state index in [1.165, 1.54) is 0 Å². The molecule has 5 heteroatoms. The van der Waals surface area contributed by atoms with Gasteiger partial charge < -0.3 is 11.1 Å². The molecule has 2 aromatic carbocycles. The van der Waals surface area contributed by atoms with E-state index in [0.717, 1.165) is 9.13 Å². The predicted octanol–water partition coefficient (Wildman–Crippen LogP) is 2.95. The molecule has 0 radical (unpaired) electrons. The Labute approximate surface area is 130 Å². The van der Waals surface area contributed by atoms with Crippen LogP contribution in [0.25, 0.3) is 0 Å². The van der Waals surface area contributed by atoms with Gasteiger partial charge in [0.15, 0.2) is 0 Å². The molecule has 0 atom stereocenters. The van der Waals surface area contributed by atoms with Crippen molar-refractivity contribution in [3.05, 3.63) is 62.7 Å². The Morgan fingerprint density at radius 1 is 1.05 bits per heavy atom. The van der Waals surface area contributed by atoms with Gasteiger partial charge in [-0.15, -0.1) is 0 Å². The smallest absolute Gasteiger partial charge is 0.255 e. The third-order valence-electron chi connectivity index (χ3n) is 2.86. The summed E-state index contributed by atoms with van der Waals surface area (Å²) in [5.41, 5.74) is 7.92. The lowest BCUT2D eigenvalue weighted by molar-refractivity contribution is 0.0998. The first-order valence-corrected chi connectivity index (χ1v) is 7.02. The fourth-order valence-electron chi connectivity index (χ4n) is 1.66. The van der Waals surface area contributed by atoms with Crippen molar-refractivity contribution in [1.82, 2.24) is 0 Å². The van der Waals surface area contributed by atoms with Crippen LogP contribution in [0.3, 0.4) is 0 Å². The van der Waals surface area contributed by atoms with Gasteiger partial charge in [0.05, 0.1) is 0 Å². The number of anilines is 1. The predicted molar refractivity (Wildman–Crippen MR) is 86.8 cm³/mol. The van der Waals surface area contributed by atoms with E-state index in [1.807, 2.05) is 19.1 Å². The van der Waals surface area contributed by atoms with Crippen LogP contribution in [0.15, 0.2) is 42.5 Å². The number of carbonyl (C=O) groups excluding carboxylic acids is 2. The molecule has 0 unspecified atom stereocenters. The second kappa shape index (κ2) is 6.04. The minimum Gasteiger partial charge on any atom is -0.366 e. The highest BCUT2D eigenvalue weighted by Gasteiger charge is 2.08. The summed E-state index contributed by atoms with van der Waals surface area (Å²) in [4.78, 5) is 23.0. The second-order valence-corrected chi connectivity index (χ2v) is 5.52. The molecule has 0 fully saturated rings. The van der Waals surface area contributed by atoms with Crippen molar-refractivity contribution in [2.45, 2.75) is 6.92 Å². The quantitative estimate of drug-likeness (QED) is 0.804. The van der Waals surface area contributed by atoms with Crippen LogP contribution in [-0.2, 0) is 0 Å². The first kappa shape index (κ1) is 14.5. The van der Waals surface area contributed by atoms with Crippen LogP contribution in [0.4, 0.5) is 5.69 Å². The van der Waals surface area contributed by atoms with Gasteiger partial charge in [-0.3, -0.25) is 9.59 Å². The number of rotatable bonds is 3. The summed E-state index contributed by atoms with van der Waals surface area (Å²) in [7, 11) is 0. The lowest BCUT2D eigenvalue weighted by Gasteiger charge is -2.07. The zero-order valence-corrected chi connectivity index (χ0v) is 13.0. The van der Waals surface area contributed by atoms with Crippen molar-refractivity contribution in [3.63, 3.8) is 0 Å². The minimum atomic E-state index is -0.490. The summed E-state index contributed by atoms with van der Waals surface area (Å²) in [6.45, 7) is 1.99. The molecule has 0 aliphatic rings. The van der Waals surface area contributed by atoms with E-state index in [0.29, 0.717) is 16.8 Å². The van der Waals surface area contributed by atoms with Gasteiger partial charge in [-0.1, -0.05) is 6.07 Å². The number of aryl methyl sites for hydroxylation is 1. The van der Waals surface area contributed by atoms with Crippen molar-refractivity contribution in [2.24, 2.45) is 5.73 Å². The molecule has 0 aliphatic carbocycles. The minimum absolute atomic E-state index is 0.185. The lowest BCUT2D eigenvalue weighted by Crippen LogP contribution is -2.13. The third kappa shape index (κ3) is 3.36. The highest BCUT2D eigenvalue weighted by molar-refractivity contribution is 14.1. The van der Waals surface area contributed by atoms with Crippen LogP contribution in [-0.4, -0.2) is 11.8 Å². The Hall–Kier alpha value is -1.89. The summed E-state index contributed by atoms with van der Waals surface area (Å²) in [5.74, 6) is -0.675. The van der Waals surface area contributed by atoms with Crippen LogP contribution in [0.1, 0.15) is 26.3 Å². The second-order valence-electron chi connectivity index (χ2n) is 4.36. The Bertz CT molecular complexity index is 666. The van der Waals surface area contributed by atoms with Crippen molar-refractivity contribution >= 4 is 40.1 Å². The van der Waals surface area contributed by atoms with Crippen LogP contribution >= 0.6 is 22.6 Å². The normalized spacial score (nSPS) is 10.1. The van der Waals surface area contributed by atoms with Gasteiger partial charge in [0.1, 0.15) is 0 Å². The van der Waals surface area contributed by atoms with Gasteiger partial charge >= 0.3 is 0 Å². The average Bonchev–Trinajstić information content (AvgIpc) is 2.42. The summed E-state index contributed by atoms with van der Waals surface area (Å²) in [6.07, 6.45) is 0. The molecular weight excluding hydrogens is 367 g/mol. The maximum atomic E-state index is 12.1. The number of halogens is 1. The maximum absolute atomic E-state index is 12.1. The van der Waals surface area contributed by atoms with Crippen LogP contribution in [0, 0.1) is 10.5 Å². The highest BCUT2D eigenvalue weighted by Crippen LogP contribution is 2.15. The van der Waals surface area contributed by atoms with E-state index in [-0.39, 0.29) is 5.91 Å². The zero-order chi connectivity index (χ0) is 14.7. The molecule has 0 bridgehead atoms. The summed E-state index contributed by atoms with van der Waals surface area (Å²) in [5, 5.41) is 2.78. The Balaban J connectivity index is 2.14. The van der Waals surface area contributed by atoms with Gasteiger partial charge in [-0.2, -0.15) is 0 Å². The van der Waals surface area contributed by atoms with Gasteiger partial charge in [0.2, 0.25) is 5.91 Å². The van der Waals surface area contributed by atoms with Crippen molar-refractivity contribution < 1.29 is 9.59 Å². The Kier molecular flexibility index (Phi) is 4.39. The van der Waals surface area contributed by atoms with E-state index < -0.39 is 5.91 Å². The standard InChI is InChI=1S/C15H13IN2O2/c1-9-2-3-11(8-13(9)16)15(20)18-12-6-4-10(5-7-12)14(17)19/h2-8H,1H3,(H2,17,19)(H,18,20). The number of primary amides is 1. The molecule has 0 spiro atoms. The number of hydrogen-bond donors (Lipinski definition) is 2. The SMILES string of the molecule is Cc1ccc(C(=O)Nc2ccc(C(N)=O)cc2)cc1I. The Morgan fingerprint density at radius 3 is 2.20 bits per heavy atom. The number of amides is 2. The fraction of sp³-hybridized carbons (Fsp3) is 0.0667. The van der Waals surface area contributed by atoms with Crippen LogP contribution in [0.5, 0.6) is 0 Å². The summed E-state index contributed by atoms with van der Waals surface area (Å²) < 4.78 is 1.04. The third-order valence-corrected chi connectivity index (χ3v) is 4.02. The molecule has 0 aromatic heterocycles. The molecular formula is C15H13IN2O2. The molecule has 20 heavy (non-hydrogen) atoms. The number of carbonyl (C=O) groups is 2. The topological polar surface area (TPSA) is 72.2 Å². The van der Waals surface area contributed by atoms with Gasteiger partial charge in [0, 0.05) is 20.4 Å². The van der Waals surface area contributed by atoms with Crippen LogP contribution < -0.4 is 11.1 Å². The van der Waals surface area contributed by atoms with Gasteiger partial charge in [-0.25, -0.2) is 0 Å². The number of nitrogens with two attached hydrogens (primary N) is 1.